The Kier molecular flexibility index (Phi) is 2.75. The average Bonchev–Trinajstić information content (AvgIpc) is 1.84. The molecule has 0 saturated carbocycles. The van der Waals surface area contributed by atoms with Gasteiger partial charge in [0, 0.05) is 0 Å². The van der Waals surface area contributed by atoms with Crippen LogP contribution in [0.1, 0.15) is 0 Å². The Labute approximate surface area is 56.3 Å². The van der Waals surface area contributed by atoms with Gasteiger partial charge in [0.05, 0.1) is 0 Å². The maximum atomic E-state index is 12.3. The molecule has 10 heavy (non-hydrogen) atoms. The summed E-state index contributed by atoms with van der Waals surface area (Å²) in [6.45, 7) is 0. The Morgan fingerprint density at radius 1 is 1.20 bits per heavy atom. The summed E-state index contributed by atoms with van der Waals surface area (Å²) in [5, 5.41) is 0. The molecule has 6 N–H and O–H groups in total. The van der Waals surface area contributed by atoms with Gasteiger partial charge in [-0.05, 0) is 0 Å². The molecular weight excluding hydrogens is 141 g/mol. The molecule has 0 saturated heterocycles. The van der Waals surface area contributed by atoms with Crippen LogP contribution in [0.5, 0.6) is 0 Å². The summed E-state index contributed by atoms with van der Waals surface area (Å²) in [6, 6.07) is -1.64. The Morgan fingerprint density at radius 2 is 1.60 bits per heavy atom. The molecule has 58 valence electrons. The molecule has 0 fully saturated rings. The molecule has 0 heterocycles. The third-order valence-corrected chi connectivity index (χ3v) is 0.916. The van der Waals surface area contributed by atoms with Gasteiger partial charge in [-0.15, -0.1) is 0 Å². The van der Waals surface area contributed by atoms with Crippen LogP contribution >= 0.6 is 0 Å². The molecule has 0 aliphatic heterocycles. The van der Waals surface area contributed by atoms with Gasteiger partial charge >= 0.3 is 0 Å². The number of hydrogen-bond donors (Lipinski definition) is 3. The first-order valence-corrected chi connectivity index (χ1v) is 2.45. The molecule has 2 amide bonds. The lowest BCUT2D eigenvalue weighted by molar-refractivity contribution is -0.129. The van der Waals surface area contributed by atoms with Gasteiger partial charge in [0.1, 0.15) is 6.04 Å². The van der Waals surface area contributed by atoms with Gasteiger partial charge in [0.25, 0.3) is 5.91 Å². The second kappa shape index (κ2) is 3.11. The predicted molar refractivity (Wildman–Crippen MR) is 31.3 cm³/mol. The first-order chi connectivity index (χ1) is 4.46. The summed E-state index contributed by atoms with van der Waals surface area (Å²) in [5.74, 6) is -2.38. The second-order valence-corrected chi connectivity index (χ2v) is 1.73. The third kappa shape index (κ3) is 1.98. The molecular formula is C4H8FN3O2. The van der Waals surface area contributed by atoms with E-state index in [0.29, 0.717) is 0 Å². The van der Waals surface area contributed by atoms with E-state index in [1.807, 2.05) is 0 Å². The van der Waals surface area contributed by atoms with Gasteiger partial charge in [-0.3, -0.25) is 9.59 Å². The van der Waals surface area contributed by atoms with Gasteiger partial charge in [-0.25, -0.2) is 4.39 Å². The molecule has 0 aromatic heterocycles. The van der Waals surface area contributed by atoms with Crippen LogP contribution in [0.3, 0.4) is 0 Å². The minimum Gasteiger partial charge on any atom is -0.368 e. The van der Waals surface area contributed by atoms with Crippen molar-refractivity contribution in [2.24, 2.45) is 17.2 Å². The quantitative estimate of drug-likeness (QED) is 0.416. The Morgan fingerprint density at radius 3 is 1.70 bits per heavy atom. The van der Waals surface area contributed by atoms with Crippen LogP contribution < -0.4 is 17.2 Å². The van der Waals surface area contributed by atoms with Crippen LogP contribution in [0.2, 0.25) is 0 Å². The molecule has 2 atom stereocenters. The van der Waals surface area contributed by atoms with Crippen molar-refractivity contribution in [2.45, 2.75) is 12.2 Å². The largest absolute Gasteiger partial charge is 0.368 e. The van der Waals surface area contributed by atoms with Crippen LogP contribution in [-0.4, -0.2) is 24.0 Å². The normalized spacial score (nSPS) is 15.8. The van der Waals surface area contributed by atoms with Crippen LogP contribution in [-0.2, 0) is 9.59 Å². The fourth-order valence-corrected chi connectivity index (χ4v) is 0.321. The topological polar surface area (TPSA) is 112 Å². The summed E-state index contributed by atoms with van der Waals surface area (Å²) >= 11 is 0. The maximum Gasteiger partial charge on any atom is 0.254 e. The van der Waals surface area contributed by atoms with E-state index in [9.17, 15) is 14.0 Å². The predicted octanol–water partition coefficient (Wildman–Crippen LogP) is -2.38. The van der Waals surface area contributed by atoms with E-state index >= 15 is 0 Å². The van der Waals surface area contributed by atoms with Gasteiger partial charge in [-0.2, -0.15) is 0 Å². The van der Waals surface area contributed by atoms with Crippen LogP contribution in [0.4, 0.5) is 4.39 Å². The molecule has 0 rings (SSSR count). The van der Waals surface area contributed by atoms with Gasteiger partial charge in [0.15, 0.2) is 0 Å². The van der Waals surface area contributed by atoms with Crippen molar-refractivity contribution < 1.29 is 14.0 Å². The highest BCUT2D eigenvalue weighted by atomic mass is 19.1. The molecule has 5 nitrogen and oxygen atoms in total. The van der Waals surface area contributed by atoms with E-state index in [0.717, 1.165) is 0 Å². The number of carbonyl (C=O) groups excluding carboxylic acids is 2. The van der Waals surface area contributed by atoms with E-state index in [4.69, 9.17) is 5.73 Å². The van der Waals surface area contributed by atoms with Crippen molar-refractivity contribution in [1.29, 1.82) is 0 Å². The lowest BCUT2D eigenvalue weighted by atomic mass is 10.2. The Bertz CT molecular complexity index is 143. The minimum atomic E-state index is -2.20. The second-order valence-electron chi connectivity index (χ2n) is 1.73. The van der Waals surface area contributed by atoms with Crippen molar-refractivity contribution >= 4 is 11.8 Å². The number of alkyl halides is 1. The molecule has 1 unspecified atom stereocenters. The van der Waals surface area contributed by atoms with E-state index in [-0.39, 0.29) is 0 Å². The minimum absolute atomic E-state index is 1.09. The molecule has 0 aromatic carbocycles. The van der Waals surface area contributed by atoms with Crippen molar-refractivity contribution in [1.82, 2.24) is 0 Å². The number of nitrogens with two attached hydrogens (primary N) is 3. The number of rotatable bonds is 3. The monoisotopic (exact) mass is 149 g/mol. The first kappa shape index (κ1) is 8.83. The van der Waals surface area contributed by atoms with Crippen molar-refractivity contribution in [2.75, 3.05) is 0 Å². The van der Waals surface area contributed by atoms with Crippen molar-refractivity contribution in [3.63, 3.8) is 0 Å². The number of carbonyl (C=O) groups is 2. The fourth-order valence-electron chi connectivity index (χ4n) is 0.321. The lowest BCUT2D eigenvalue weighted by Gasteiger charge is -2.08. The van der Waals surface area contributed by atoms with Crippen LogP contribution in [0.15, 0.2) is 0 Å². The Balaban J connectivity index is 4.07. The number of amides is 2. The molecule has 0 aliphatic carbocycles. The summed E-state index contributed by atoms with van der Waals surface area (Å²) in [4.78, 5) is 20.1. The smallest absolute Gasteiger partial charge is 0.254 e. The summed E-state index contributed by atoms with van der Waals surface area (Å²) in [5.41, 5.74) is 13.8. The van der Waals surface area contributed by atoms with Gasteiger partial charge < -0.3 is 17.2 Å². The molecule has 0 spiro atoms. The fraction of sp³-hybridized carbons (Fsp3) is 0.500. The zero-order chi connectivity index (χ0) is 8.31. The van der Waals surface area contributed by atoms with Crippen LogP contribution in [0, 0.1) is 0 Å². The Hall–Kier alpha value is -1.17. The first-order valence-electron chi connectivity index (χ1n) is 2.45. The van der Waals surface area contributed by atoms with E-state index in [2.05, 4.69) is 11.5 Å². The summed E-state index contributed by atoms with van der Waals surface area (Å²) in [6.07, 6.45) is -2.20. The molecule has 0 aromatic rings. The van der Waals surface area contributed by atoms with Crippen molar-refractivity contribution in [3.05, 3.63) is 0 Å². The van der Waals surface area contributed by atoms with E-state index < -0.39 is 24.0 Å². The zero-order valence-corrected chi connectivity index (χ0v) is 5.08. The molecule has 6 heteroatoms. The standard InChI is InChI=1S/C4H8FN3O2/c5-1(3(7)9)2(6)4(8)10/h1-2H,6H2,(H2,7,9)(H2,8,10)/t1?,2-/m0/s1. The third-order valence-electron chi connectivity index (χ3n) is 0.916. The van der Waals surface area contributed by atoms with Crippen molar-refractivity contribution in [3.8, 4) is 0 Å². The highest BCUT2D eigenvalue weighted by Gasteiger charge is 2.26. The SMILES string of the molecule is NC(=O)C(F)[C@H](N)C(N)=O. The lowest BCUT2D eigenvalue weighted by Crippen LogP contribution is -2.49. The number of hydrogen-bond acceptors (Lipinski definition) is 3. The number of primary amides is 2. The average molecular weight is 149 g/mol. The van der Waals surface area contributed by atoms with E-state index in [1.165, 1.54) is 0 Å². The summed E-state index contributed by atoms with van der Waals surface area (Å²) in [7, 11) is 0. The van der Waals surface area contributed by atoms with E-state index in [1.54, 1.807) is 0 Å². The van der Waals surface area contributed by atoms with Crippen LogP contribution in [0.25, 0.3) is 0 Å². The molecule has 0 aliphatic rings. The molecule has 0 bridgehead atoms. The molecule has 0 radical (unpaired) electrons. The van der Waals surface area contributed by atoms with Gasteiger partial charge in [-0.1, -0.05) is 0 Å². The number of halogens is 1. The maximum absolute atomic E-state index is 12.3. The highest BCUT2D eigenvalue weighted by molar-refractivity contribution is 5.89. The zero-order valence-electron chi connectivity index (χ0n) is 5.08. The van der Waals surface area contributed by atoms with Gasteiger partial charge in [0.2, 0.25) is 12.1 Å². The summed E-state index contributed by atoms with van der Waals surface area (Å²) < 4.78 is 12.3. The highest BCUT2D eigenvalue weighted by Crippen LogP contribution is 1.93.